The SMILES string of the molecule is COc1ccc(S(=O)(=O)N[C@@H](C)C(=O)Nc2ccc(Cl)cc2Cl)cc1OC. The number of carbonyl (C=O) groups is 1. The summed E-state index contributed by atoms with van der Waals surface area (Å²) in [4.78, 5) is 12.2. The van der Waals surface area contributed by atoms with Gasteiger partial charge in [0.05, 0.1) is 35.9 Å². The number of halogens is 2. The molecule has 2 aromatic carbocycles. The number of amides is 1. The van der Waals surface area contributed by atoms with Crippen LogP contribution in [0.4, 0.5) is 5.69 Å². The highest BCUT2D eigenvalue weighted by Gasteiger charge is 2.24. The number of benzene rings is 2. The second-order valence-electron chi connectivity index (χ2n) is 5.47. The molecule has 0 aliphatic heterocycles. The molecule has 0 bridgehead atoms. The van der Waals surface area contributed by atoms with Gasteiger partial charge in [0.2, 0.25) is 15.9 Å². The van der Waals surface area contributed by atoms with E-state index in [9.17, 15) is 13.2 Å². The fraction of sp³-hybridized carbons (Fsp3) is 0.235. The Morgan fingerprint density at radius 1 is 1.04 bits per heavy atom. The van der Waals surface area contributed by atoms with Crippen LogP contribution in [0.25, 0.3) is 0 Å². The first-order valence-corrected chi connectivity index (χ1v) is 9.92. The Kier molecular flexibility index (Phi) is 6.94. The van der Waals surface area contributed by atoms with E-state index in [4.69, 9.17) is 32.7 Å². The number of anilines is 1. The third-order valence-corrected chi connectivity index (χ3v) is 5.67. The molecule has 0 fully saturated rings. The van der Waals surface area contributed by atoms with Gasteiger partial charge in [0.25, 0.3) is 0 Å². The molecule has 0 aliphatic carbocycles. The highest BCUT2D eigenvalue weighted by molar-refractivity contribution is 7.89. The van der Waals surface area contributed by atoms with Crippen molar-refractivity contribution in [3.05, 3.63) is 46.4 Å². The van der Waals surface area contributed by atoms with Gasteiger partial charge in [-0.1, -0.05) is 23.2 Å². The molecular weight excluding hydrogens is 415 g/mol. The second-order valence-corrected chi connectivity index (χ2v) is 8.03. The molecular formula is C17H18Cl2N2O5S. The minimum Gasteiger partial charge on any atom is -0.493 e. The molecule has 0 saturated heterocycles. The average molecular weight is 433 g/mol. The van der Waals surface area contributed by atoms with Crippen molar-refractivity contribution in [1.29, 1.82) is 0 Å². The van der Waals surface area contributed by atoms with Crippen LogP contribution in [0.1, 0.15) is 6.92 Å². The first-order chi connectivity index (χ1) is 12.7. The van der Waals surface area contributed by atoms with Crippen LogP contribution in [-0.2, 0) is 14.8 Å². The van der Waals surface area contributed by atoms with Gasteiger partial charge >= 0.3 is 0 Å². The topological polar surface area (TPSA) is 93.7 Å². The molecule has 0 spiro atoms. The second kappa shape index (κ2) is 8.79. The van der Waals surface area contributed by atoms with Gasteiger partial charge in [0.1, 0.15) is 0 Å². The van der Waals surface area contributed by atoms with Crippen LogP contribution in [0.3, 0.4) is 0 Å². The van der Waals surface area contributed by atoms with Crippen LogP contribution in [0.2, 0.25) is 10.0 Å². The first kappa shape index (κ1) is 21.3. The van der Waals surface area contributed by atoms with Gasteiger partial charge in [-0.15, -0.1) is 0 Å². The highest BCUT2D eigenvalue weighted by atomic mass is 35.5. The molecule has 0 unspecified atom stereocenters. The minimum absolute atomic E-state index is 0.0654. The van der Waals surface area contributed by atoms with Crippen molar-refractivity contribution in [3.8, 4) is 11.5 Å². The zero-order chi connectivity index (χ0) is 20.2. The van der Waals surface area contributed by atoms with Gasteiger partial charge in [-0.25, -0.2) is 8.42 Å². The van der Waals surface area contributed by atoms with Crippen molar-refractivity contribution < 1.29 is 22.7 Å². The molecule has 1 atom stereocenters. The molecule has 2 rings (SSSR count). The summed E-state index contributed by atoms with van der Waals surface area (Å²) >= 11 is 11.8. The predicted octanol–water partition coefficient (Wildman–Crippen LogP) is 3.32. The van der Waals surface area contributed by atoms with Gasteiger partial charge in [-0.2, -0.15) is 4.72 Å². The van der Waals surface area contributed by atoms with Gasteiger partial charge in [-0.05, 0) is 37.3 Å². The molecule has 10 heteroatoms. The van der Waals surface area contributed by atoms with Crippen molar-refractivity contribution in [3.63, 3.8) is 0 Å². The van der Waals surface area contributed by atoms with Crippen molar-refractivity contribution >= 4 is 44.8 Å². The Balaban J connectivity index is 2.15. The molecule has 0 aliphatic rings. The Hall–Kier alpha value is -2.00. The number of rotatable bonds is 7. The summed E-state index contributed by atoms with van der Waals surface area (Å²) in [6, 6.07) is 7.61. The summed E-state index contributed by atoms with van der Waals surface area (Å²) in [5, 5.41) is 3.21. The molecule has 0 heterocycles. The zero-order valence-electron chi connectivity index (χ0n) is 14.7. The molecule has 1 amide bonds. The van der Waals surface area contributed by atoms with Gasteiger partial charge < -0.3 is 14.8 Å². The van der Waals surface area contributed by atoms with E-state index in [-0.39, 0.29) is 15.7 Å². The summed E-state index contributed by atoms with van der Waals surface area (Å²) < 4.78 is 37.6. The fourth-order valence-corrected chi connectivity index (χ4v) is 3.84. The van der Waals surface area contributed by atoms with E-state index in [1.807, 2.05) is 0 Å². The van der Waals surface area contributed by atoms with Crippen LogP contribution in [0, 0.1) is 0 Å². The van der Waals surface area contributed by atoms with Crippen LogP contribution in [0.15, 0.2) is 41.3 Å². The average Bonchev–Trinajstić information content (AvgIpc) is 2.62. The molecule has 2 aromatic rings. The minimum atomic E-state index is -3.97. The molecule has 7 nitrogen and oxygen atoms in total. The number of carbonyl (C=O) groups excluding carboxylic acids is 1. The number of hydrogen-bond donors (Lipinski definition) is 2. The smallest absolute Gasteiger partial charge is 0.242 e. The Bertz CT molecular complexity index is 950. The standard InChI is InChI=1S/C17H18Cl2N2O5S/c1-10(17(22)20-14-6-4-11(18)8-13(14)19)21-27(23,24)12-5-7-15(25-2)16(9-12)26-3/h4-10,21H,1-3H3,(H,20,22)/t10-/m0/s1. The van der Waals surface area contributed by atoms with Crippen LogP contribution >= 0.6 is 23.2 Å². The summed E-state index contributed by atoms with van der Waals surface area (Å²) in [5.74, 6) is 0.0633. The van der Waals surface area contributed by atoms with E-state index in [0.29, 0.717) is 16.5 Å². The number of methoxy groups -OCH3 is 2. The predicted molar refractivity (Wildman–Crippen MR) is 104 cm³/mol. The summed E-state index contributed by atoms with van der Waals surface area (Å²) in [7, 11) is -1.13. The maximum absolute atomic E-state index is 12.5. The van der Waals surface area contributed by atoms with Gasteiger partial charge in [0, 0.05) is 11.1 Å². The van der Waals surface area contributed by atoms with E-state index in [2.05, 4.69) is 10.0 Å². The maximum Gasteiger partial charge on any atom is 0.242 e. The third kappa shape index (κ3) is 5.26. The third-order valence-electron chi connectivity index (χ3n) is 3.58. The van der Waals surface area contributed by atoms with E-state index in [1.165, 1.54) is 51.5 Å². The van der Waals surface area contributed by atoms with Gasteiger partial charge in [-0.3, -0.25) is 4.79 Å². The molecule has 0 saturated carbocycles. The molecule has 2 N–H and O–H groups in total. The van der Waals surface area contributed by atoms with E-state index in [1.54, 1.807) is 6.07 Å². The lowest BCUT2D eigenvalue weighted by molar-refractivity contribution is -0.117. The Morgan fingerprint density at radius 3 is 2.30 bits per heavy atom. The summed E-state index contributed by atoms with van der Waals surface area (Å²) in [6.07, 6.45) is 0. The summed E-state index contributed by atoms with van der Waals surface area (Å²) in [6.45, 7) is 1.41. The van der Waals surface area contributed by atoms with Crippen LogP contribution in [0.5, 0.6) is 11.5 Å². The number of ether oxygens (including phenoxy) is 2. The quantitative estimate of drug-likeness (QED) is 0.699. The van der Waals surface area contributed by atoms with Crippen LogP contribution in [-0.4, -0.2) is 34.6 Å². The van der Waals surface area contributed by atoms with E-state index >= 15 is 0 Å². The Morgan fingerprint density at radius 2 is 1.70 bits per heavy atom. The Labute approximate surface area is 167 Å². The van der Waals surface area contributed by atoms with Crippen LogP contribution < -0.4 is 19.5 Å². The molecule has 146 valence electrons. The van der Waals surface area contributed by atoms with Crippen molar-refractivity contribution in [1.82, 2.24) is 4.72 Å². The zero-order valence-corrected chi connectivity index (χ0v) is 17.1. The monoisotopic (exact) mass is 432 g/mol. The van der Waals surface area contributed by atoms with Gasteiger partial charge in [0.15, 0.2) is 11.5 Å². The van der Waals surface area contributed by atoms with E-state index < -0.39 is 22.0 Å². The highest BCUT2D eigenvalue weighted by Crippen LogP contribution is 2.29. The number of hydrogen-bond acceptors (Lipinski definition) is 5. The molecule has 0 aromatic heterocycles. The summed E-state index contributed by atoms with van der Waals surface area (Å²) in [5.41, 5.74) is 0.322. The maximum atomic E-state index is 12.5. The van der Waals surface area contributed by atoms with Crippen molar-refractivity contribution in [2.45, 2.75) is 17.9 Å². The van der Waals surface area contributed by atoms with Crippen molar-refractivity contribution in [2.75, 3.05) is 19.5 Å². The lowest BCUT2D eigenvalue weighted by Crippen LogP contribution is -2.41. The molecule has 0 radical (unpaired) electrons. The molecule has 27 heavy (non-hydrogen) atoms. The van der Waals surface area contributed by atoms with Crippen molar-refractivity contribution in [2.24, 2.45) is 0 Å². The lowest BCUT2D eigenvalue weighted by atomic mass is 10.3. The first-order valence-electron chi connectivity index (χ1n) is 7.68. The van der Waals surface area contributed by atoms with E-state index in [0.717, 1.165) is 0 Å². The largest absolute Gasteiger partial charge is 0.493 e. The number of sulfonamides is 1. The lowest BCUT2D eigenvalue weighted by Gasteiger charge is -2.16. The fourth-order valence-electron chi connectivity index (χ4n) is 2.17. The normalized spacial score (nSPS) is 12.3. The number of nitrogens with one attached hydrogen (secondary N) is 2.